The molecule has 0 spiro atoms. The standard InChI is InChI=1S/C10H18O7S/c11-4-5-7(14)8(15)9(16)10(17-5)18-3-1-2-6(12)13/h5,7-11,14-16H,1-4H2,(H,12,13)/t5-,7-,8+,9+,10+/m1/s1. The Hall–Kier alpha value is -0.380. The van der Waals surface area contributed by atoms with Crippen LogP contribution in [0.3, 0.4) is 0 Å². The molecule has 5 N–H and O–H groups in total. The molecule has 18 heavy (non-hydrogen) atoms. The fourth-order valence-electron chi connectivity index (χ4n) is 1.63. The van der Waals surface area contributed by atoms with Crippen molar-refractivity contribution in [1.29, 1.82) is 0 Å². The van der Waals surface area contributed by atoms with Crippen molar-refractivity contribution in [1.82, 2.24) is 0 Å². The third-order valence-corrected chi connectivity index (χ3v) is 3.91. The summed E-state index contributed by atoms with van der Waals surface area (Å²) in [7, 11) is 0. The second-order valence-electron chi connectivity index (χ2n) is 4.07. The number of aliphatic hydroxyl groups excluding tert-OH is 4. The SMILES string of the molecule is O=C(O)CCCS[C@@H]1O[C@H](CO)[C@@H](O)[C@H](O)[C@@H]1O. The predicted octanol–water partition coefficient (Wildman–Crippen LogP) is -1.62. The Balaban J connectivity index is 2.41. The molecule has 0 amide bonds. The molecule has 1 rings (SSSR count). The van der Waals surface area contributed by atoms with Crippen molar-refractivity contribution < 1.29 is 35.1 Å². The molecule has 1 heterocycles. The summed E-state index contributed by atoms with van der Waals surface area (Å²) in [6.07, 6.45) is -4.49. The maximum absolute atomic E-state index is 10.3. The molecule has 0 aliphatic carbocycles. The third-order valence-electron chi connectivity index (χ3n) is 2.67. The number of aliphatic carboxylic acids is 1. The van der Waals surface area contributed by atoms with Gasteiger partial charge in [0.15, 0.2) is 0 Å². The molecule has 1 saturated heterocycles. The summed E-state index contributed by atoms with van der Waals surface area (Å²) in [5.74, 6) is -0.459. The van der Waals surface area contributed by atoms with Crippen molar-refractivity contribution in [2.24, 2.45) is 0 Å². The average Bonchev–Trinajstić information content (AvgIpc) is 2.34. The number of rotatable bonds is 6. The monoisotopic (exact) mass is 282 g/mol. The van der Waals surface area contributed by atoms with Gasteiger partial charge in [-0.1, -0.05) is 0 Å². The summed E-state index contributed by atoms with van der Waals surface area (Å²) >= 11 is 1.15. The van der Waals surface area contributed by atoms with Crippen LogP contribution in [0.4, 0.5) is 0 Å². The Kier molecular flexibility index (Phi) is 6.33. The molecule has 8 heteroatoms. The molecule has 1 fully saturated rings. The van der Waals surface area contributed by atoms with E-state index < -0.39 is 42.4 Å². The van der Waals surface area contributed by atoms with Crippen molar-refractivity contribution in [3.63, 3.8) is 0 Å². The van der Waals surface area contributed by atoms with Crippen molar-refractivity contribution in [3.8, 4) is 0 Å². The largest absolute Gasteiger partial charge is 0.481 e. The first kappa shape index (κ1) is 15.7. The lowest BCUT2D eigenvalue weighted by molar-refractivity contribution is -0.205. The Bertz CT molecular complexity index is 273. The Labute approximate surface area is 108 Å². The van der Waals surface area contributed by atoms with Crippen LogP contribution in [0.2, 0.25) is 0 Å². The van der Waals surface area contributed by atoms with E-state index in [1.54, 1.807) is 0 Å². The highest BCUT2D eigenvalue weighted by Gasteiger charge is 2.43. The molecule has 0 unspecified atom stereocenters. The summed E-state index contributed by atoms with van der Waals surface area (Å²) in [5.41, 5.74) is -0.783. The number of carboxylic acids is 1. The zero-order chi connectivity index (χ0) is 13.7. The van der Waals surface area contributed by atoms with Gasteiger partial charge in [0.2, 0.25) is 0 Å². The second-order valence-corrected chi connectivity index (χ2v) is 5.27. The fraction of sp³-hybridized carbons (Fsp3) is 0.900. The molecule has 0 radical (unpaired) electrons. The normalized spacial score (nSPS) is 36.6. The molecular formula is C10H18O7S. The summed E-state index contributed by atoms with van der Waals surface area (Å²) in [5, 5.41) is 46.2. The van der Waals surface area contributed by atoms with Gasteiger partial charge in [-0.2, -0.15) is 0 Å². The van der Waals surface area contributed by atoms with Crippen molar-refractivity contribution in [2.75, 3.05) is 12.4 Å². The first-order valence-electron chi connectivity index (χ1n) is 5.61. The smallest absolute Gasteiger partial charge is 0.303 e. The van der Waals surface area contributed by atoms with E-state index in [2.05, 4.69) is 0 Å². The molecule has 0 aromatic rings. The van der Waals surface area contributed by atoms with E-state index in [9.17, 15) is 20.1 Å². The maximum atomic E-state index is 10.3. The van der Waals surface area contributed by atoms with E-state index in [1.165, 1.54) is 0 Å². The average molecular weight is 282 g/mol. The molecule has 1 aliphatic rings. The van der Waals surface area contributed by atoms with Crippen LogP contribution in [-0.2, 0) is 9.53 Å². The number of carboxylic acid groups (broad SMARTS) is 1. The van der Waals surface area contributed by atoms with Crippen LogP contribution in [0.15, 0.2) is 0 Å². The van der Waals surface area contributed by atoms with E-state index in [0.29, 0.717) is 12.2 Å². The van der Waals surface area contributed by atoms with E-state index in [0.717, 1.165) is 11.8 Å². The van der Waals surface area contributed by atoms with E-state index in [-0.39, 0.29) is 6.42 Å². The third kappa shape index (κ3) is 4.08. The Morgan fingerprint density at radius 2 is 1.83 bits per heavy atom. The van der Waals surface area contributed by atoms with Crippen LogP contribution in [0.1, 0.15) is 12.8 Å². The summed E-state index contributed by atoms with van der Waals surface area (Å²) in [4.78, 5) is 10.3. The number of thioether (sulfide) groups is 1. The van der Waals surface area contributed by atoms with Crippen LogP contribution >= 0.6 is 11.8 Å². The van der Waals surface area contributed by atoms with Gasteiger partial charge >= 0.3 is 5.97 Å². The number of ether oxygens (including phenoxy) is 1. The molecule has 1 aliphatic heterocycles. The molecule has 0 bridgehead atoms. The lowest BCUT2D eigenvalue weighted by Crippen LogP contribution is -2.57. The number of carbonyl (C=O) groups is 1. The fourth-order valence-corrected chi connectivity index (χ4v) is 2.75. The van der Waals surface area contributed by atoms with Gasteiger partial charge in [0.25, 0.3) is 0 Å². The lowest BCUT2D eigenvalue weighted by atomic mass is 10.0. The molecular weight excluding hydrogens is 264 g/mol. The Morgan fingerprint density at radius 1 is 1.17 bits per heavy atom. The summed E-state index contributed by atoms with van der Waals surface area (Å²) in [6, 6.07) is 0. The van der Waals surface area contributed by atoms with E-state index in [4.69, 9.17) is 14.9 Å². The van der Waals surface area contributed by atoms with Gasteiger partial charge in [0, 0.05) is 6.42 Å². The van der Waals surface area contributed by atoms with Gasteiger partial charge in [-0.25, -0.2) is 0 Å². The summed E-state index contributed by atoms with van der Waals surface area (Å²) in [6.45, 7) is -0.461. The van der Waals surface area contributed by atoms with Crippen molar-refractivity contribution in [3.05, 3.63) is 0 Å². The van der Waals surface area contributed by atoms with Crippen molar-refractivity contribution >= 4 is 17.7 Å². The van der Waals surface area contributed by atoms with Gasteiger partial charge in [0.1, 0.15) is 29.9 Å². The minimum absolute atomic E-state index is 0.0183. The van der Waals surface area contributed by atoms with Gasteiger partial charge in [-0.15, -0.1) is 11.8 Å². The number of hydrogen-bond donors (Lipinski definition) is 5. The van der Waals surface area contributed by atoms with Gasteiger partial charge in [-0.3, -0.25) is 4.79 Å². The molecule has 0 aromatic carbocycles. The highest BCUT2D eigenvalue weighted by Crippen LogP contribution is 2.28. The van der Waals surface area contributed by atoms with Gasteiger partial charge in [-0.05, 0) is 12.2 Å². The first-order valence-corrected chi connectivity index (χ1v) is 6.66. The number of aliphatic hydroxyl groups is 4. The van der Waals surface area contributed by atoms with Crippen LogP contribution in [0.25, 0.3) is 0 Å². The Morgan fingerprint density at radius 3 is 2.39 bits per heavy atom. The minimum atomic E-state index is -1.38. The maximum Gasteiger partial charge on any atom is 0.303 e. The van der Waals surface area contributed by atoms with Gasteiger partial charge in [0.05, 0.1) is 6.61 Å². The molecule has 0 saturated carbocycles. The zero-order valence-corrected chi connectivity index (χ0v) is 10.5. The highest BCUT2D eigenvalue weighted by molar-refractivity contribution is 7.99. The first-order chi connectivity index (χ1) is 8.47. The van der Waals surface area contributed by atoms with Crippen molar-refractivity contribution in [2.45, 2.75) is 42.7 Å². The lowest BCUT2D eigenvalue weighted by Gasteiger charge is -2.39. The van der Waals surface area contributed by atoms with Crippen LogP contribution in [-0.4, -0.2) is 73.7 Å². The molecule has 0 aromatic heterocycles. The van der Waals surface area contributed by atoms with Crippen LogP contribution < -0.4 is 0 Å². The highest BCUT2D eigenvalue weighted by atomic mass is 32.2. The molecule has 5 atom stereocenters. The minimum Gasteiger partial charge on any atom is -0.481 e. The van der Waals surface area contributed by atoms with Gasteiger partial charge < -0.3 is 30.3 Å². The predicted molar refractivity (Wildman–Crippen MR) is 63.1 cm³/mol. The van der Waals surface area contributed by atoms with Crippen LogP contribution in [0, 0.1) is 0 Å². The molecule has 7 nitrogen and oxygen atoms in total. The topological polar surface area (TPSA) is 127 Å². The van der Waals surface area contributed by atoms with E-state index in [1.807, 2.05) is 0 Å². The quantitative estimate of drug-likeness (QED) is 0.368. The van der Waals surface area contributed by atoms with E-state index >= 15 is 0 Å². The summed E-state index contributed by atoms with van der Waals surface area (Å²) < 4.78 is 5.24. The molecule has 106 valence electrons. The number of hydrogen-bond acceptors (Lipinski definition) is 7. The zero-order valence-electron chi connectivity index (χ0n) is 9.68. The second kappa shape index (κ2) is 7.27. The van der Waals surface area contributed by atoms with Crippen LogP contribution in [0.5, 0.6) is 0 Å².